The van der Waals surface area contributed by atoms with Gasteiger partial charge in [-0.1, -0.05) is 0 Å². The zero-order valence-corrected chi connectivity index (χ0v) is 11.8. The normalized spacial score (nSPS) is 10.9. The number of aryl methyl sites for hydroxylation is 1. The number of ether oxygens (including phenoxy) is 1. The molecule has 0 unspecified atom stereocenters. The fourth-order valence-corrected chi connectivity index (χ4v) is 2.00. The number of hydrogen-bond donors (Lipinski definition) is 0. The van der Waals surface area contributed by atoms with Crippen molar-refractivity contribution < 1.29 is 9.53 Å². The maximum absolute atomic E-state index is 12.4. The monoisotopic (exact) mass is 245 g/mol. The van der Waals surface area contributed by atoms with Gasteiger partial charge in [0.25, 0.3) is 0 Å². The van der Waals surface area contributed by atoms with E-state index in [1.807, 2.05) is 26.8 Å². The third-order valence-corrected chi connectivity index (χ3v) is 3.32. The van der Waals surface area contributed by atoms with Crippen molar-refractivity contribution in [3.05, 3.63) is 28.3 Å². The minimum Gasteiger partial charge on any atom is -0.496 e. The number of methoxy groups -OCH3 is 1. The van der Waals surface area contributed by atoms with Gasteiger partial charge < -0.3 is 4.74 Å². The summed E-state index contributed by atoms with van der Waals surface area (Å²) in [5, 5.41) is 9.06. The standard InChI is InChI=1S/C15H19NO2/c1-9-7-12(14(17)15(4,5)8-16)10(2)11(3)13(9)18-6/h7H,1-6H3. The lowest BCUT2D eigenvalue weighted by atomic mass is 9.82. The van der Waals surface area contributed by atoms with Crippen molar-refractivity contribution in [1.29, 1.82) is 5.26 Å². The molecule has 0 aliphatic carbocycles. The Balaban J connectivity index is 3.47. The Morgan fingerprint density at radius 3 is 2.28 bits per heavy atom. The Kier molecular flexibility index (Phi) is 3.81. The third kappa shape index (κ3) is 2.24. The van der Waals surface area contributed by atoms with Crippen LogP contribution in [-0.2, 0) is 0 Å². The number of nitrogens with zero attached hydrogens (tertiary/aromatic N) is 1. The number of ketones is 1. The molecule has 3 nitrogen and oxygen atoms in total. The van der Waals surface area contributed by atoms with Crippen LogP contribution in [0.5, 0.6) is 5.75 Å². The van der Waals surface area contributed by atoms with Crippen LogP contribution < -0.4 is 4.74 Å². The van der Waals surface area contributed by atoms with Crippen LogP contribution >= 0.6 is 0 Å². The number of benzene rings is 1. The zero-order chi connectivity index (χ0) is 14.1. The fourth-order valence-electron chi connectivity index (χ4n) is 2.00. The van der Waals surface area contributed by atoms with Gasteiger partial charge in [0.15, 0.2) is 5.78 Å². The second-order valence-corrected chi connectivity index (χ2v) is 5.09. The smallest absolute Gasteiger partial charge is 0.182 e. The quantitative estimate of drug-likeness (QED) is 0.767. The fraction of sp³-hybridized carbons (Fsp3) is 0.467. The van der Waals surface area contributed by atoms with Gasteiger partial charge in [0.05, 0.1) is 13.2 Å². The van der Waals surface area contributed by atoms with Crippen LogP contribution in [0.3, 0.4) is 0 Å². The number of rotatable bonds is 3. The Morgan fingerprint density at radius 1 is 1.28 bits per heavy atom. The Morgan fingerprint density at radius 2 is 1.83 bits per heavy atom. The third-order valence-electron chi connectivity index (χ3n) is 3.32. The molecule has 0 N–H and O–H groups in total. The number of Topliss-reactive ketones (excluding diaryl/α,β-unsaturated/α-hetero) is 1. The van der Waals surface area contributed by atoms with Crippen LogP contribution in [0.15, 0.2) is 6.07 Å². The summed E-state index contributed by atoms with van der Waals surface area (Å²) >= 11 is 0. The van der Waals surface area contributed by atoms with Gasteiger partial charge >= 0.3 is 0 Å². The summed E-state index contributed by atoms with van der Waals surface area (Å²) < 4.78 is 5.33. The van der Waals surface area contributed by atoms with Crippen molar-refractivity contribution in [2.24, 2.45) is 5.41 Å². The van der Waals surface area contributed by atoms with E-state index in [4.69, 9.17) is 10.00 Å². The van der Waals surface area contributed by atoms with Gasteiger partial charge in [-0.3, -0.25) is 4.79 Å². The van der Waals surface area contributed by atoms with E-state index in [1.165, 1.54) is 0 Å². The number of hydrogen-bond acceptors (Lipinski definition) is 3. The summed E-state index contributed by atoms with van der Waals surface area (Å²) in [4.78, 5) is 12.4. The summed E-state index contributed by atoms with van der Waals surface area (Å²) in [6.45, 7) is 9.00. The van der Waals surface area contributed by atoms with E-state index in [0.717, 1.165) is 22.4 Å². The zero-order valence-electron chi connectivity index (χ0n) is 11.8. The molecule has 3 heteroatoms. The van der Waals surface area contributed by atoms with Crippen LogP contribution in [0, 0.1) is 37.5 Å². The Bertz CT molecular complexity index is 536. The van der Waals surface area contributed by atoms with Crippen LogP contribution in [0.1, 0.15) is 40.9 Å². The predicted molar refractivity (Wildman–Crippen MR) is 70.9 cm³/mol. The highest BCUT2D eigenvalue weighted by Crippen LogP contribution is 2.31. The lowest BCUT2D eigenvalue weighted by Crippen LogP contribution is -2.23. The number of carbonyl (C=O) groups is 1. The first-order valence-corrected chi connectivity index (χ1v) is 5.87. The van der Waals surface area contributed by atoms with Gasteiger partial charge in [-0.05, 0) is 57.4 Å². The second kappa shape index (κ2) is 4.81. The van der Waals surface area contributed by atoms with Gasteiger partial charge in [0.2, 0.25) is 0 Å². The molecule has 0 atom stereocenters. The van der Waals surface area contributed by atoms with E-state index >= 15 is 0 Å². The van der Waals surface area contributed by atoms with Gasteiger partial charge in [-0.25, -0.2) is 0 Å². The van der Waals surface area contributed by atoms with Crippen LogP contribution in [0.2, 0.25) is 0 Å². The van der Waals surface area contributed by atoms with Crippen LogP contribution in [0.4, 0.5) is 0 Å². The van der Waals surface area contributed by atoms with Gasteiger partial charge in [0, 0.05) is 5.56 Å². The highest BCUT2D eigenvalue weighted by atomic mass is 16.5. The molecule has 0 radical (unpaired) electrons. The van der Waals surface area contributed by atoms with Gasteiger partial charge in [0.1, 0.15) is 11.2 Å². The molecule has 0 spiro atoms. The molecule has 1 rings (SSSR count). The highest BCUT2D eigenvalue weighted by Gasteiger charge is 2.30. The maximum atomic E-state index is 12.4. The van der Waals surface area contributed by atoms with Gasteiger partial charge in [-0.2, -0.15) is 5.26 Å². The van der Waals surface area contributed by atoms with E-state index in [0.29, 0.717) is 5.56 Å². The maximum Gasteiger partial charge on any atom is 0.182 e. The van der Waals surface area contributed by atoms with E-state index in [2.05, 4.69) is 6.07 Å². The molecule has 0 aliphatic heterocycles. The molecule has 0 fully saturated rings. The molecule has 1 aromatic rings. The van der Waals surface area contributed by atoms with E-state index in [9.17, 15) is 4.79 Å². The van der Waals surface area contributed by atoms with Crippen LogP contribution in [0.25, 0.3) is 0 Å². The molecule has 0 saturated heterocycles. The summed E-state index contributed by atoms with van der Waals surface area (Å²) in [6, 6.07) is 3.86. The Labute approximate surface area is 108 Å². The topological polar surface area (TPSA) is 50.1 Å². The lowest BCUT2D eigenvalue weighted by Gasteiger charge is -2.19. The first kappa shape index (κ1) is 14.2. The van der Waals surface area contributed by atoms with Crippen molar-refractivity contribution >= 4 is 5.78 Å². The highest BCUT2D eigenvalue weighted by molar-refractivity contribution is 6.03. The van der Waals surface area contributed by atoms with Gasteiger partial charge in [-0.15, -0.1) is 0 Å². The molecule has 0 saturated carbocycles. The largest absolute Gasteiger partial charge is 0.496 e. The molecule has 0 aliphatic rings. The minimum absolute atomic E-state index is 0.142. The van der Waals surface area contributed by atoms with E-state index < -0.39 is 5.41 Å². The average molecular weight is 245 g/mol. The molecule has 1 aromatic carbocycles. The molecular weight excluding hydrogens is 226 g/mol. The lowest BCUT2D eigenvalue weighted by molar-refractivity contribution is 0.0891. The van der Waals surface area contributed by atoms with Crippen LogP contribution in [-0.4, -0.2) is 12.9 Å². The first-order valence-electron chi connectivity index (χ1n) is 5.87. The predicted octanol–water partition coefficient (Wildman–Crippen LogP) is 3.35. The SMILES string of the molecule is COc1c(C)cc(C(=O)C(C)(C)C#N)c(C)c1C. The Hall–Kier alpha value is -1.82. The molecule has 96 valence electrons. The molecule has 0 heterocycles. The number of nitriles is 1. The second-order valence-electron chi connectivity index (χ2n) is 5.09. The van der Waals surface area contributed by atoms with E-state index in [-0.39, 0.29) is 5.78 Å². The molecular formula is C15H19NO2. The summed E-state index contributed by atoms with van der Waals surface area (Å²) in [5.41, 5.74) is 2.36. The van der Waals surface area contributed by atoms with Crippen molar-refractivity contribution in [2.75, 3.05) is 7.11 Å². The minimum atomic E-state index is -1.00. The molecule has 0 aromatic heterocycles. The number of carbonyl (C=O) groups excluding carboxylic acids is 1. The summed E-state index contributed by atoms with van der Waals surface area (Å²) in [6.07, 6.45) is 0. The average Bonchev–Trinajstić information content (AvgIpc) is 2.33. The summed E-state index contributed by atoms with van der Waals surface area (Å²) in [7, 11) is 1.62. The van der Waals surface area contributed by atoms with Crippen molar-refractivity contribution in [3.8, 4) is 11.8 Å². The molecule has 0 amide bonds. The van der Waals surface area contributed by atoms with Crippen molar-refractivity contribution in [1.82, 2.24) is 0 Å². The molecule has 0 bridgehead atoms. The molecule has 18 heavy (non-hydrogen) atoms. The van der Waals surface area contributed by atoms with E-state index in [1.54, 1.807) is 21.0 Å². The van der Waals surface area contributed by atoms with Crippen molar-refractivity contribution in [3.63, 3.8) is 0 Å². The summed E-state index contributed by atoms with van der Waals surface area (Å²) in [5.74, 6) is 0.662. The van der Waals surface area contributed by atoms with Crippen molar-refractivity contribution in [2.45, 2.75) is 34.6 Å². The first-order chi connectivity index (χ1) is 8.26.